The van der Waals surface area contributed by atoms with E-state index in [2.05, 4.69) is 15.1 Å². The van der Waals surface area contributed by atoms with Crippen molar-refractivity contribution >= 4 is 44.8 Å². The van der Waals surface area contributed by atoms with Crippen LogP contribution in [-0.4, -0.2) is 39.0 Å². The Kier molecular flexibility index (Phi) is 7.09. The van der Waals surface area contributed by atoms with Crippen LogP contribution in [0.1, 0.15) is 24.0 Å². The fraction of sp³-hybridized carbons (Fsp3) is 0.286. The second kappa shape index (κ2) is 9.59. The van der Waals surface area contributed by atoms with Crippen LogP contribution in [0, 0.1) is 13.8 Å². The molecular formula is C21H23ClN4O4S. The van der Waals surface area contributed by atoms with E-state index in [1.54, 1.807) is 12.1 Å². The zero-order valence-electron chi connectivity index (χ0n) is 17.2. The van der Waals surface area contributed by atoms with Crippen molar-refractivity contribution in [3.05, 3.63) is 58.6 Å². The standard InChI is InChI=1S/C21H23ClN4O4S/c1-14-6-7-15(2)19(12-14)26-20(27)9-8-18(25-26)21(28)23-10-11-24-31(29,30)17-5-3-4-16(22)13-17/h3-7,12-13,24H,8-11H2,1-2H3,(H,23,28). The van der Waals surface area contributed by atoms with Gasteiger partial charge in [-0.25, -0.2) is 18.1 Å². The van der Waals surface area contributed by atoms with Crippen molar-refractivity contribution < 1.29 is 18.0 Å². The fourth-order valence-corrected chi connectivity index (χ4v) is 4.37. The molecule has 164 valence electrons. The molecule has 1 aliphatic rings. The van der Waals surface area contributed by atoms with Crippen molar-refractivity contribution in [3.63, 3.8) is 0 Å². The van der Waals surface area contributed by atoms with E-state index in [4.69, 9.17) is 11.6 Å². The van der Waals surface area contributed by atoms with Gasteiger partial charge in [-0.3, -0.25) is 9.59 Å². The van der Waals surface area contributed by atoms with E-state index in [1.165, 1.54) is 17.1 Å². The van der Waals surface area contributed by atoms with Crippen molar-refractivity contribution in [2.75, 3.05) is 18.1 Å². The molecule has 1 heterocycles. The average Bonchev–Trinajstić information content (AvgIpc) is 2.73. The smallest absolute Gasteiger partial charge is 0.267 e. The topological polar surface area (TPSA) is 108 Å². The molecule has 31 heavy (non-hydrogen) atoms. The summed E-state index contributed by atoms with van der Waals surface area (Å²) in [5.41, 5.74) is 2.72. The third-order valence-corrected chi connectivity index (χ3v) is 6.39. The third-order valence-electron chi connectivity index (χ3n) is 4.70. The predicted molar refractivity (Wildman–Crippen MR) is 120 cm³/mol. The minimum absolute atomic E-state index is 0.00645. The maximum atomic E-state index is 12.5. The fourth-order valence-electron chi connectivity index (χ4n) is 3.03. The molecule has 0 saturated heterocycles. The molecule has 0 aromatic heterocycles. The number of amides is 2. The molecule has 0 spiro atoms. The monoisotopic (exact) mass is 462 g/mol. The van der Waals surface area contributed by atoms with Gasteiger partial charge in [0.2, 0.25) is 15.9 Å². The Balaban J connectivity index is 1.61. The van der Waals surface area contributed by atoms with E-state index in [1.807, 2.05) is 32.0 Å². The van der Waals surface area contributed by atoms with Gasteiger partial charge in [0.1, 0.15) is 5.71 Å². The Bertz CT molecular complexity index is 1150. The first-order valence-corrected chi connectivity index (χ1v) is 11.5. The van der Waals surface area contributed by atoms with E-state index < -0.39 is 15.9 Å². The van der Waals surface area contributed by atoms with Crippen LogP contribution in [-0.2, 0) is 19.6 Å². The number of sulfonamides is 1. The van der Waals surface area contributed by atoms with Gasteiger partial charge in [0.25, 0.3) is 5.91 Å². The number of aryl methyl sites for hydroxylation is 2. The highest BCUT2D eigenvalue weighted by atomic mass is 35.5. The molecule has 2 amide bonds. The van der Waals surface area contributed by atoms with Crippen LogP contribution >= 0.6 is 11.6 Å². The second-order valence-electron chi connectivity index (χ2n) is 7.15. The Morgan fingerprint density at radius 2 is 1.90 bits per heavy atom. The second-order valence-corrected chi connectivity index (χ2v) is 9.36. The SMILES string of the molecule is Cc1ccc(C)c(N2N=C(C(=O)NCCNS(=O)(=O)c3cccc(Cl)c3)CCC2=O)c1. The minimum Gasteiger partial charge on any atom is -0.350 e. The first kappa shape index (κ1) is 22.9. The lowest BCUT2D eigenvalue weighted by Crippen LogP contribution is -2.41. The summed E-state index contributed by atoms with van der Waals surface area (Å²) >= 11 is 5.83. The van der Waals surface area contributed by atoms with Crippen LogP contribution in [0.5, 0.6) is 0 Å². The molecule has 2 N–H and O–H groups in total. The summed E-state index contributed by atoms with van der Waals surface area (Å²) in [6.45, 7) is 3.85. The zero-order valence-corrected chi connectivity index (χ0v) is 18.8. The number of carbonyl (C=O) groups is 2. The molecule has 0 atom stereocenters. The van der Waals surface area contributed by atoms with Gasteiger partial charge in [0.15, 0.2) is 0 Å². The lowest BCUT2D eigenvalue weighted by molar-refractivity contribution is -0.119. The molecule has 8 nitrogen and oxygen atoms in total. The van der Waals surface area contributed by atoms with Crippen molar-refractivity contribution in [1.82, 2.24) is 10.0 Å². The highest BCUT2D eigenvalue weighted by Gasteiger charge is 2.26. The van der Waals surface area contributed by atoms with E-state index in [0.29, 0.717) is 10.7 Å². The number of carbonyl (C=O) groups excluding carboxylic acids is 2. The number of hydrogen-bond acceptors (Lipinski definition) is 5. The number of benzene rings is 2. The Labute approximate surface area is 186 Å². The number of rotatable bonds is 7. The summed E-state index contributed by atoms with van der Waals surface area (Å²) in [6.07, 6.45) is 0.390. The molecule has 0 fully saturated rings. The number of nitrogens with zero attached hydrogens (tertiary/aromatic N) is 2. The van der Waals surface area contributed by atoms with Gasteiger partial charge in [0, 0.05) is 31.0 Å². The highest BCUT2D eigenvalue weighted by Crippen LogP contribution is 2.25. The maximum Gasteiger partial charge on any atom is 0.267 e. The number of anilines is 1. The summed E-state index contributed by atoms with van der Waals surface area (Å²) < 4.78 is 27.0. The van der Waals surface area contributed by atoms with Crippen LogP contribution < -0.4 is 15.0 Å². The van der Waals surface area contributed by atoms with Crippen LogP contribution in [0.3, 0.4) is 0 Å². The van der Waals surface area contributed by atoms with Crippen LogP contribution in [0.4, 0.5) is 5.69 Å². The molecule has 0 aliphatic carbocycles. The highest BCUT2D eigenvalue weighted by molar-refractivity contribution is 7.89. The quantitative estimate of drug-likeness (QED) is 0.616. The first-order chi connectivity index (χ1) is 14.7. The molecule has 1 aliphatic heterocycles. The van der Waals surface area contributed by atoms with Crippen LogP contribution in [0.25, 0.3) is 0 Å². The summed E-state index contributed by atoms with van der Waals surface area (Å²) in [4.78, 5) is 24.9. The zero-order chi connectivity index (χ0) is 22.6. The van der Waals surface area contributed by atoms with Crippen molar-refractivity contribution in [3.8, 4) is 0 Å². The van der Waals surface area contributed by atoms with Gasteiger partial charge in [0.05, 0.1) is 10.6 Å². The molecule has 0 bridgehead atoms. The van der Waals surface area contributed by atoms with E-state index in [0.717, 1.165) is 11.1 Å². The molecule has 0 radical (unpaired) electrons. The molecule has 3 rings (SSSR count). The molecule has 10 heteroatoms. The van der Waals surface area contributed by atoms with Crippen LogP contribution in [0.2, 0.25) is 5.02 Å². The Morgan fingerprint density at radius 1 is 1.13 bits per heavy atom. The number of hydrazone groups is 1. The number of hydrogen-bond donors (Lipinski definition) is 2. The molecule has 2 aromatic rings. The number of halogens is 1. The van der Waals surface area contributed by atoms with Gasteiger partial charge < -0.3 is 5.32 Å². The van der Waals surface area contributed by atoms with E-state index in [9.17, 15) is 18.0 Å². The lowest BCUT2D eigenvalue weighted by atomic mass is 10.1. The predicted octanol–water partition coefficient (Wildman–Crippen LogP) is 2.53. The summed E-state index contributed by atoms with van der Waals surface area (Å²) in [5.74, 6) is -0.621. The van der Waals surface area contributed by atoms with E-state index >= 15 is 0 Å². The van der Waals surface area contributed by atoms with Gasteiger partial charge in [-0.2, -0.15) is 5.10 Å². The van der Waals surface area contributed by atoms with Gasteiger partial charge in [-0.15, -0.1) is 0 Å². The largest absolute Gasteiger partial charge is 0.350 e. The summed E-state index contributed by atoms with van der Waals surface area (Å²) in [6, 6.07) is 11.6. The van der Waals surface area contributed by atoms with Crippen molar-refractivity contribution in [2.24, 2.45) is 5.10 Å². The van der Waals surface area contributed by atoms with Gasteiger partial charge >= 0.3 is 0 Å². The van der Waals surface area contributed by atoms with Crippen molar-refractivity contribution in [2.45, 2.75) is 31.6 Å². The lowest BCUT2D eigenvalue weighted by Gasteiger charge is -2.24. The first-order valence-electron chi connectivity index (χ1n) is 9.68. The Hall–Kier alpha value is -2.75. The minimum atomic E-state index is -3.74. The molecular weight excluding hydrogens is 440 g/mol. The van der Waals surface area contributed by atoms with Crippen LogP contribution in [0.15, 0.2) is 52.5 Å². The average molecular weight is 463 g/mol. The summed E-state index contributed by atoms with van der Waals surface area (Å²) in [5, 5.41) is 8.48. The molecule has 0 unspecified atom stereocenters. The molecule has 0 saturated carbocycles. The van der Waals surface area contributed by atoms with Crippen molar-refractivity contribution in [1.29, 1.82) is 0 Å². The maximum absolute atomic E-state index is 12.5. The molecule has 2 aromatic carbocycles. The number of nitrogens with one attached hydrogen (secondary N) is 2. The Morgan fingerprint density at radius 3 is 2.65 bits per heavy atom. The van der Waals surface area contributed by atoms with Gasteiger partial charge in [-0.1, -0.05) is 29.8 Å². The normalized spacial score (nSPS) is 14.4. The third kappa shape index (κ3) is 5.69. The van der Waals surface area contributed by atoms with Gasteiger partial charge in [-0.05, 0) is 49.2 Å². The summed E-state index contributed by atoms with van der Waals surface area (Å²) in [7, 11) is -3.74. The van der Waals surface area contributed by atoms with E-state index in [-0.39, 0.29) is 42.4 Å².